The first-order valence-electron chi connectivity index (χ1n) is 14.9. The van der Waals surface area contributed by atoms with E-state index in [-0.39, 0.29) is 42.3 Å². The number of aliphatic hydroxyl groups is 1. The Morgan fingerprint density at radius 1 is 1.10 bits per heavy atom. The van der Waals surface area contributed by atoms with E-state index < -0.39 is 39.2 Å². The molecule has 2 saturated heterocycles. The summed E-state index contributed by atoms with van der Waals surface area (Å²) in [5.74, 6) is -0.515. The van der Waals surface area contributed by atoms with Gasteiger partial charge in [0.25, 0.3) is 0 Å². The van der Waals surface area contributed by atoms with Gasteiger partial charge in [-0.25, -0.2) is 23.6 Å². The molecule has 12 heteroatoms. The highest BCUT2D eigenvalue weighted by Crippen LogP contribution is 2.42. The van der Waals surface area contributed by atoms with Crippen molar-refractivity contribution in [3.8, 4) is 0 Å². The topological polar surface area (TPSA) is 143 Å². The minimum absolute atomic E-state index is 0.0948. The molecule has 3 aliphatic rings. The summed E-state index contributed by atoms with van der Waals surface area (Å²) < 4.78 is 29.3. The van der Waals surface area contributed by atoms with Crippen molar-refractivity contribution in [2.45, 2.75) is 114 Å². The molecule has 3 fully saturated rings. The molecule has 0 aromatic heterocycles. The Morgan fingerprint density at radius 2 is 1.71 bits per heavy atom. The minimum atomic E-state index is -3.74. The molecule has 11 nitrogen and oxygen atoms in total. The van der Waals surface area contributed by atoms with E-state index in [9.17, 15) is 23.1 Å². The molecule has 4 atom stereocenters. The van der Waals surface area contributed by atoms with Gasteiger partial charge in [-0.3, -0.25) is 9.59 Å². The highest BCUT2D eigenvalue weighted by Gasteiger charge is 2.56. The van der Waals surface area contributed by atoms with Crippen LogP contribution in [0.2, 0.25) is 0 Å². The van der Waals surface area contributed by atoms with Crippen LogP contribution < -0.4 is 21.0 Å². The molecule has 4 rings (SSSR count). The van der Waals surface area contributed by atoms with E-state index in [0.29, 0.717) is 0 Å². The number of hydrazine groups is 2. The first-order valence-corrected chi connectivity index (χ1v) is 16.4. The summed E-state index contributed by atoms with van der Waals surface area (Å²) in [4.78, 5) is 28.8. The molecule has 2 aliphatic heterocycles. The highest BCUT2D eigenvalue weighted by atomic mass is 32.2. The first-order chi connectivity index (χ1) is 19.3. The number of likely N-dealkylation sites (tertiary alicyclic amines) is 1. The SMILES string of the molecule is CNC(=O)[C@@H]1C[C@@H](O)CN1C(=O)[C@@H](N1NNC(CNS(=O)(=O)c2ccc(C)cc2)C12CCCCCCC2)C(C)(C)C. The standard InChI is InChI=1S/C29H48N6O5S/c1-20-11-13-22(14-12-20)41(39,40)31-18-24-29(15-9-7-6-8-10-16-29)35(33-32-24)25(28(2,3)4)27(38)34-19-21(36)17-23(34)26(37)30-5/h11-14,21,23-25,31-33,36H,6-10,15-19H2,1-5H3,(H,30,37)/t21-,23+,24?,25-/m1/s1. The van der Waals surface area contributed by atoms with Gasteiger partial charge in [-0.1, -0.05) is 70.6 Å². The molecule has 41 heavy (non-hydrogen) atoms. The van der Waals surface area contributed by atoms with E-state index in [4.69, 9.17) is 0 Å². The van der Waals surface area contributed by atoms with Gasteiger partial charge in [-0.2, -0.15) is 5.53 Å². The van der Waals surface area contributed by atoms with Crippen LogP contribution in [0.1, 0.15) is 77.7 Å². The van der Waals surface area contributed by atoms with Crippen LogP contribution in [0.25, 0.3) is 0 Å². The summed E-state index contributed by atoms with van der Waals surface area (Å²) in [5.41, 5.74) is 6.56. The van der Waals surface area contributed by atoms with Gasteiger partial charge in [-0.05, 0) is 37.3 Å². The quantitative estimate of drug-likeness (QED) is 0.321. The normalized spacial score (nSPS) is 26.5. The van der Waals surface area contributed by atoms with Gasteiger partial charge in [0.1, 0.15) is 12.1 Å². The van der Waals surface area contributed by atoms with Crippen molar-refractivity contribution in [1.82, 2.24) is 30.9 Å². The lowest BCUT2D eigenvalue weighted by molar-refractivity contribution is -0.152. The molecule has 1 saturated carbocycles. The van der Waals surface area contributed by atoms with E-state index in [0.717, 1.165) is 50.5 Å². The molecule has 1 aromatic carbocycles. The van der Waals surface area contributed by atoms with Gasteiger partial charge >= 0.3 is 0 Å². The van der Waals surface area contributed by atoms with E-state index in [2.05, 4.69) is 21.0 Å². The third kappa shape index (κ3) is 6.78. The number of nitrogens with zero attached hydrogens (tertiary/aromatic N) is 2. The number of nitrogens with one attached hydrogen (secondary N) is 4. The Bertz CT molecular complexity index is 1180. The van der Waals surface area contributed by atoms with Crippen LogP contribution >= 0.6 is 0 Å². The fraction of sp³-hybridized carbons (Fsp3) is 0.724. The number of amides is 2. The number of sulfonamides is 1. The Kier molecular flexibility index (Phi) is 9.82. The third-order valence-electron chi connectivity index (χ3n) is 8.94. The zero-order chi connectivity index (χ0) is 30.0. The molecule has 2 amide bonds. The van der Waals surface area contributed by atoms with Crippen molar-refractivity contribution in [3.05, 3.63) is 29.8 Å². The highest BCUT2D eigenvalue weighted by molar-refractivity contribution is 7.89. The van der Waals surface area contributed by atoms with E-state index in [1.54, 1.807) is 24.3 Å². The maximum Gasteiger partial charge on any atom is 0.242 e. The molecule has 0 bridgehead atoms. The van der Waals surface area contributed by atoms with Gasteiger partial charge < -0.3 is 15.3 Å². The van der Waals surface area contributed by atoms with Crippen molar-refractivity contribution in [3.63, 3.8) is 0 Å². The Morgan fingerprint density at radius 3 is 2.29 bits per heavy atom. The smallest absolute Gasteiger partial charge is 0.242 e. The fourth-order valence-corrected chi connectivity index (χ4v) is 7.77. The number of benzene rings is 1. The average molecular weight is 593 g/mol. The number of rotatable bonds is 7. The summed E-state index contributed by atoms with van der Waals surface area (Å²) in [5, 5.41) is 15.1. The van der Waals surface area contributed by atoms with Crippen molar-refractivity contribution >= 4 is 21.8 Å². The van der Waals surface area contributed by atoms with Gasteiger partial charge in [0, 0.05) is 26.6 Å². The summed E-state index contributed by atoms with van der Waals surface area (Å²) >= 11 is 0. The van der Waals surface area contributed by atoms with Crippen molar-refractivity contribution in [2.24, 2.45) is 5.41 Å². The van der Waals surface area contributed by atoms with Gasteiger partial charge in [-0.15, -0.1) is 0 Å². The molecule has 0 radical (unpaired) electrons. The Balaban J connectivity index is 1.66. The maximum atomic E-state index is 14.4. The van der Waals surface area contributed by atoms with Crippen LogP contribution in [-0.2, 0) is 19.6 Å². The predicted molar refractivity (Wildman–Crippen MR) is 157 cm³/mol. The lowest BCUT2D eigenvalue weighted by atomic mass is 9.75. The monoisotopic (exact) mass is 592 g/mol. The minimum Gasteiger partial charge on any atom is -0.391 e. The zero-order valence-electron chi connectivity index (χ0n) is 25.1. The molecule has 1 aromatic rings. The summed E-state index contributed by atoms with van der Waals surface area (Å²) in [7, 11) is -2.20. The lowest BCUT2D eigenvalue weighted by Gasteiger charge is -2.49. The van der Waals surface area contributed by atoms with E-state index in [1.165, 1.54) is 11.9 Å². The number of aryl methyl sites for hydroxylation is 1. The molecule has 1 spiro atoms. The fourth-order valence-electron chi connectivity index (χ4n) is 6.72. The molecule has 230 valence electrons. The molecule has 1 aliphatic carbocycles. The maximum absolute atomic E-state index is 14.4. The molecule has 2 heterocycles. The molecule has 1 unspecified atom stereocenters. The van der Waals surface area contributed by atoms with E-state index >= 15 is 0 Å². The van der Waals surface area contributed by atoms with E-state index in [1.807, 2.05) is 32.7 Å². The van der Waals surface area contributed by atoms with Crippen molar-refractivity contribution < 1.29 is 23.1 Å². The number of carbonyl (C=O) groups is 2. The number of carbonyl (C=O) groups excluding carboxylic acids is 2. The molecular weight excluding hydrogens is 544 g/mol. The van der Waals surface area contributed by atoms with Crippen LogP contribution in [0.5, 0.6) is 0 Å². The van der Waals surface area contributed by atoms with Gasteiger partial charge in [0.2, 0.25) is 21.8 Å². The summed E-state index contributed by atoms with van der Waals surface area (Å²) in [6, 6.07) is 5.05. The first kappa shape index (κ1) is 31.8. The molecular formula is C29H48N6O5S. The zero-order valence-corrected chi connectivity index (χ0v) is 25.9. The van der Waals surface area contributed by atoms with Crippen LogP contribution in [-0.4, -0.2) is 85.2 Å². The third-order valence-corrected chi connectivity index (χ3v) is 10.4. The van der Waals surface area contributed by atoms with Crippen LogP contribution in [0, 0.1) is 12.3 Å². The van der Waals surface area contributed by atoms with Gasteiger partial charge in [0.15, 0.2) is 0 Å². The second-order valence-corrected chi connectivity index (χ2v) is 14.8. The van der Waals surface area contributed by atoms with Crippen LogP contribution in [0.15, 0.2) is 29.2 Å². The number of hydrogen-bond acceptors (Lipinski definition) is 8. The number of β-amino-alcohol motifs (C(OH)–C–C–N with tert-alkyl or cyclic N) is 1. The van der Waals surface area contributed by atoms with Crippen molar-refractivity contribution in [1.29, 1.82) is 0 Å². The Labute approximate surface area is 244 Å². The van der Waals surface area contributed by atoms with Crippen LogP contribution in [0.4, 0.5) is 0 Å². The second-order valence-electron chi connectivity index (χ2n) is 13.0. The van der Waals surface area contributed by atoms with Crippen molar-refractivity contribution in [2.75, 3.05) is 20.1 Å². The second kappa shape index (κ2) is 12.6. The number of likely N-dealkylation sites (N-methyl/N-ethyl adjacent to an activating group) is 1. The lowest BCUT2D eigenvalue weighted by Crippen LogP contribution is -2.66. The number of aliphatic hydroxyl groups excluding tert-OH is 1. The Hall–Kier alpha value is -2.09. The average Bonchev–Trinajstić information content (AvgIpc) is 3.45. The summed E-state index contributed by atoms with van der Waals surface area (Å²) in [6.45, 7) is 8.16. The molecule has 5 N–H and O–H groups in total. The number of hydrogen-bond donors (Lipinski definition) is 5. The predicted octanol–water partition coefficient (Wildman–Crippen LogP) is 1.57. The largest absolute Gasteiger partial charge is 0.391 e. The van der Waals surface area contributed by atoms with Gasteiger partial charge in [0.05, 0.1) is 22.6 Å². The summed E-state index contributed by atoms with van der Waals surface area (Å²) in [6.07, 6.45) is 6.20. The van der Waals surface area contributed by atoms with Crippen LogP contribution in [0.3, 0.4) is 0 Å².